The summed E-state index contributed by atoms with van der Waals surface area (Å²) in [5.74, 6) is -0.174. The average Bonchev–Trinajstić information content (AvgIpc) is 3.60. The highest BCUT2D eigenvalue weighted by atomic mass is 16.1. The molecule has 1 amide bonds. The Hall–Kier alpha value is -3.33. The number of H-pyrrole nitrogens is 1. The van der Waals surface area contributed by atoms with Crippen LogP contribution in [0.5, 0.6) is 0 Å². The number of aromatic amines is 1. The van der Waals surface area contributed by atoms with Crippen molar-refractivity contribution in [1.82, 2.24) is 30.2 Å². The summed E-state index contributed by atoms with van der Waals surface area (Å²) in [4.78, 5) is 44.7. The summed E-state index contributed by atoms with van der Waals surface area (Å²) in [6.07, 6.45) is 5.34. The summed E-state index contributed by atoms with van der Waals surface area (Å²) in [5.41, 5.74) is 4.21. The number of pyridine rings is 2. The summed E-state index contributed by atoms with van der Waals surface area (Å²) in [6, 6.07) is 6.69. The number of anilines is 1. The Balaban J connectivity index is 1.27. The number of fused-ring (bicyclic) bond motifs is 2. The molecule has 9 nitrogen and oxygen atoms in total. The smallest absolute Gasteiger partial charge is 0.270 e. The minimum absolute atomic E-state index is 0.138. The Morgan fingerprint density at radius 2 is 2.10 bits per heavy atom. The van der Waals surface area contributed by atoms with E-state index in [0.29, 0.717) is 41.1 Å². The van der Waals surface area contributed by atoms with Crippen molar-refractivity contribution >= 4 is 22.8 Å². The van der Waals surface area contributed by atoms with Gasteiger partial charge in [0, 0.05) is 45.0 Å². The summed E-state index contributed by atoms with van der Waals surface area (Å²) in [6.45, 7) is 4.54. The van der Waals surface area contributed by atoms with Crippen LogP contribution in [0.3, 0.4) is 0 Å². The number of rotatable bonds is 5. The van der Waals surface area contributed by atoms with Crippen molar-refractivity contribution in [3.05, 3.63) is 57.9 Å². The van der Waals surface area contributed by atoms with Gasteiger partial charge < -0.3 is 15.2 Å². The highest BCUT2D eigenvalue weighted by molar-refractivity contribution is 5.92. The van der Waals surface area contributed by atoms with E-state index >= 15 is 0 Å². The van der Waals surface area contributed by atoms with Gasteiger partial charge >= 0.3 is 0 Å². The molecule has 3 aromatic heterocycles. The van der Waals surface area contributed by atoms with Gasteiger partial charge in [0.15, 0.2) is 5.65 Å². The van der Waals surface area contributed by atoms with Crippen LogP contribution in [-0.4, -0.2) is 63.0 Å². The topological polar surface area (TPSA) is 107 Å². The van der Waals surface area contributed by atoms with Gasteiger partial charge in [-0.15, -0.1) is 0 Å². The first-order valence-corrected chi connectivity index (χ1v) is 10.6. The number of nitrogens with zero attached hydrogens (tertiary/aromatic N) is 5. The Morgan fingerprint density at radius 3 is 2.84 bits per heavy atom. The third kappa shape index (κ3) is 3.65. The second-order valence-corrected chi connectivity index (χ2v) is 8.10. The van der Waals surface area contributed by atoms with Gasteiger partial charge in [0.05, 0.1) is 17.4 Å². The van der Waals surface area contributed by atoms with E-state index in [1.807, 2.05) is 25.3 Å². The van der Waals surface area contributed by atoms with Gasteiger partial charge in [0.1, 0.15) is 11.4 Å². The average molecular weight is 419 g/mol. The molecule has 4 heterocycles. The van der Waals surface area contributed by atoms with Crippen LogP contribution >= 0.6 is 0 Å². The summed E-state index contributed by atoms with van der Waals surface area (Å²) >= 11 is 0. The molecule has 1 aliphatic heterocycles. The van der Waals surface area contributed by atoms with Gasteiger partial charge in [-0.3, -0.25) is 14.5 Å². The monoisotopic (exact) mass is 419 g/mol. The molecule has 2 aliphatic rings. The number of carbonyl (C=O) groups excluding carboxylic acids is 1. The van der Waals surface area contributed by atoms with Crippen LogP contribution in [0, 0.1) is 0 Å². The van der Waals surface area contributed by atoms with E-state index in [1.54, 1.807) is 19.3 Å². The Kier molecular flexibility index (Phi) is 4.90. The maximum atomic E-state index is 12.1. The van der Waals surface area contributed by atoms with Gasteiger partial charge in [-0.05, 0) is 36.6 Å². The molecule has 3 aromatic rings. The molecule has 160 valence electrons. The number of amides is 1. The summed E-state index contributed by atoms with van der Waals surface area (Å²) in [5, 5.41) is 2.60. The molecule has 1 aliphatic carbocycles. The van der Waals surface area contributed by atoms with Gasteiger partial charge in [0.2, 0.25) is 0 Å². The normalized spacial score (nSPS) is 20.5. The SMILES string of the molecule is CCc1nc2ncc(CN3CCN(c4ccc(C(=O)NC)nc4)[C@H]4C[C@H]43)cc2[nH]c1=O. The third-order valence-corrected chi connectivity index (χ3v) is 6.16. The number of hydrogen-bond acceptors (Lipinski definition) is 7. The van der Waals surface area contributed by atoms with Crippen LogP contribution < -0.4 is 15.8 Å². The molecule has 0 aromatic carbocycles. The number of carbonyl (C=O) groups is 1. The fourth-order valence-corrected chi connectivity index (χ4v) is 4.41. The standard InChI is InChI=1S/C22H25N7O2/c1-3-15-22(31)27-17-8-13(10-25-20(17)26-15)12-28-6-7-29(19-9-18(19)28)14-4-5-16(24-11-14)21(30)23-2/h4-5,8,10-11,18-19H,3,6-7,9,12H2,1-2H3,(H,23,30)(H,27,31)/t18-,19+/m1/s1. The van der Waals surface area contributed by atoms with Crippen LogP contribution in [0.1, 0.15) is 35.1 Å². The number of piperazine rings is 1. The molecule has 2 fully saturated rings. The van der Waals surface area contributed by atoms with E-state index in [2.05, 4.69) is 35.1 Å². The molecule has 5 rings (SSSR count). The minimum atomic E-state index is -0.174. The largest absolute Gasteiger partial charge is 0.364 e. The molecule has 0 radical (unpaired) electrons. The highest BCUT2D eigenvalue weighted by Gasteiger charge is 2.48. The molecular weight excluding hydrogens is 394 g/mol. The van der Waals surface area contributed by atoms with Crippen molar-refractivity contribution < 1.29 is 4.79 Å². The number of nitrogens with one attached hydrogen (secondary N) is 2. The van der Waals surface area contributed by atoms with Crippen molar-refractivity contribution in [1.29, 1.82) is 0 Å². The summed E-state index contributed by atoms with van der Waals surface area (Å²) < 4.78 is 0. The molecule has 0 unspecified atom stereocenters. The van der Waals surface area contributed by atoms with Crippen molar-refractivity contribution in [2.75, 3.05) is 25.0 Å². The molecule has 1 saturated carbocycles. The second-order valence-electron chi connectivity index (χ2n) is 8.10. The van der Waals surface area contributed by atoms with Crippen molar-refractivity contribution in [2.45, 2.75) is 38.4 Å². The van der Waals surface area contributed by atoms with E-state index < -0.39 is 0 Å². The minimum Gasteiger partial charge on any atom is -0.364 e. The maximum Gasteiger partial charge on any atom is 0.270 e. The van der Waals surface area contributed by atoms with Crippen molar-refractivity contribution in [3.63, 3.8) is 0 Å². The van der Waals surface area contributed by atoms with Gasteiger partial charge in [-0.25, -0.2) is 15.0 Å². The molecule has 0 bridgehead atoms. The molecule has 0 spiro atoms. The first-order valence-electron chi connectivity index (χ1n) is 10.6. The first kappa shape index (κ1) is 19.6. The van der Waals surface area contributed by atoms with Gasteiger partial charge in [-0.1, -0.05) is 6.92 Å². The van der Waals surface area contributed by atoms with Crippen LogP contribution in [0.25, 0.3) is 11.2 Å². The van der Waals surface area contributed by atoms with Gasteiger partial charge in [-0.2, -0.15) is 0 Å². The van der Waals surface area contributed by atoms with E-state index in [4.69, 9.17) is 0 Å². The molecule has 2 atom stereocenters. The van der Waals surface area contributed by atoms with Crippen LogP contribution in [-0.2, 0) is 13.0 Å². The van der Waals surface area contributed by atoms with E-state index in [9.17, 15) is 9.59 Å². The Labute approximate surface area is 179 Å². The van der Waals surface area contributed by atoms with E-state index in [0.717, 1.165) is 37.3 Å². The molecule has 2 N–H and O–H groups in total. The number of aromatic nitrogens is 4. The highest BCUT2D eigenvalue weighted by Crippen LogP contribution is 2.39. The van der Waals surface area contributed by atoms with E-state index in [-0.39, 0.29) is 11.5 Å². The molecule has 9 heteroatoms. The lowest BCUT2D eigenvalue weighted by atomic mass is 10.2. The third-order valence-electron chi connectivity index (χ3n) is 6.16. The van der Waals surface area contributed by atoms with E-state index in [1.165, 1.54) is 0 Å². The zero-order valence-electron chi connectivity index (χ0n) is 17.6. The number of aryl methyl sites for hydroxylation is 1. The Morgan fingerprint density at radius 1 is 1.23 bits per heavy atom. The van der Waals surface area contributed by atoms with Crippen molar-refractivity contribution in [2.24, 2.45) is 0 Å². The summed E-state index contributed by atoms with van der Waals surface area (Å²) in [7, 11) is 1.60. The van der Waals surface area contributed by atoms with Crippen LogP contribution in [0.15, 0.2) is 35.4 Å². The molecular formula is C22H25N7O2. The maximum absolute atomic E-state index is 12.1. The fraction of sp³-hybridized carbons (Fsp3) is 0.409. The second kappa shape index (κ2) is 7.73. The lowest BCUT2D eigenvalue weighted by Crippen LogP contribution is -2.46. The van der Waals surface area contributed by atoms with Crippen molar-refractivity contribution in [3.8, 4) is 0 Å². The lowest BCUT2D eigenvalue weighted by molar-refractivity contribution is 0.0958. The van der Waals surface area contributed by atoms with Gasteiger partial charge in [0.25, 0.3) is 11.5 Å². The predicted molar refractivity (Wildman–Crippen MR) is 117 cm³/mol. The molecule has 31 heavy (non-hydrogen) atoms. The molecule has 1 saturated heterocycles. The first-order chi connectivity index (χ1) is 15.1. The zero-order chi connectivity index (χ0) is 21.5. The van der Waals surface area contributed by atoms with Crippen LogP contribution in [0.2, 0.25) is 0 Å². The predicted octanol–water partition coefficient (Wildman–Crippen LogP) is 1.10. The Bertz CT molecular complexity index is 1190. The fourth-order valence-electron chi connectivity index (χ4n) is 4.41. The number of hydrogen-bond donors (Lipinski definition) is 2. The quantitative estimate of drug-likeness (QED) is 0.638. The zero-order valence-corrected chi connectivity index (χ0v) is 17.6. The van der Waals surface area contributed by atoms with Crippen LogP contribution in [0.4, 0.5) is 5.69 Å². The lowest BCUT2D eigenvalue weighted by Gasteiger charge is -2.35.